The lowest BCUT2D eigenvalue weighted by Crippen LogP contribution is -2.19. The molecule has 19 heavy (non-hydrogen) atoms. The van der Waals surface area contributed by atoms with Gasteiger partial charge in [-0.15, -0.1) is 0 Å². The smallest absolute Gasteiger partial charge is 0.105 e. The highest BCUT2D eigenvalue weighted by Crippen LogP contribution is 2.23. The topological polar surface area (TPSA) is 89.2 Å². The third-order valence-electron chi connectivity index (χ3n) is 3.07. The van der Waals surface area contributed by atoms with Crippen LogP contribution >= 0.6 is 0 Å². The summed E-state index contributed by atoms with van der Waals surface area (Å²) in [5.41, 5.74) is 8.83. The fourth-order valence-electron chi connectivity index (χ4n) is 2.01. The molecule has 0 saturated carbocycles. The van der Waals surface area contributed by atoms with Crippen LogP contribution in [0.2, 0.25) is 0 Å². The van der Waals surface area contributed by atoms with E-state index in [1.54, 1.807) is 6.07 Å². The van der Waals surface area contributed by atoms with Crippen LogP contribution in [0.1, 0.15) is 18.1 Å². The molecule has 0 aliphatic rings. The first-order chi connectivity index (χ1) is 9.22. The fraction of sp³-hybridized carbons (Fsp3) is 0.286. The first-order valence-corrected chi connectivity index (χ1v) is 6.08. The van der Waals surface area contributed by atoms with Crippen molar-refractivity contribution >= 4 is 10.8 Å². The predicted octanol–water partition coefficient (Wildman–Crippen LogP) is 2.93. The Morgan fingerprint density at radius 2 is 1.84 bits per heavy atom. The van der Waals surface area contributed by atoms with Crippen LogP contribution in [-0.2, 0) is 0 Å². The molecule has 2 rings (SSSR count). The highest BCUT2D eigenvalue weighted by molar-refractivity contribution is 5.83. The average molecular weight is 257 g/mol. The number of azide groups is 1. The first kappa shape index (κ1) is 13.4. The lowest BCUT2D eigenvalue weighted by Gasteiger charge is -2.17. The molecule has 2 atom stereocenters. The number of hydrogen-bond acceptors (Lipinski definition) is 3. The zero-order valence-electron chi connectivity index (χ0n) is 10.3. The third-order valence-corrected chi connectivity index (χ3v) is 3.07. The summed E-state index contributed by atoms with van der Waals surface area (Å²) < 4.78 is 0. The lowest BCUT2D eigenvalue weighted by atomic mass is 9.99. The molecule has 2 N–H and O–H groups in total. The van der Waals surface area contributed by atoms with Crippen molar-refractivity contribution in [2.45, 2.75) is 18.6 Å². The van der Waals surface area contributed by atoms with Gasteiger partial charge in [-0.2, -0.15) is 0 Å². The van der Waals surface area contributed by atoms with Crippen molar-refractivity contribution in [1.82, 2.24) is 0 Å². The van der Waals surface area contributed by atoms with E-state index in [9.17, 15) is 10.2 Å². The monoisotopic (exact) mass is 257 g/mol. The van der Waals surface area contributed by atoms with Crippen molar-refractivity contribution in [2.75, 3.05) is 6.54 Å². The van der Waals surface area contributed by atoms with Gasteiger partial charge in [0.25, 0.3) is 0 Å². The van der Waals surface area contributed by atoms with Gasteiger partial charge in [-0.25, -0.2) is 0 Å². The van der Waals surface area contributed by atoms with E-state index in [0.717, 1.165) is 10.8 Å². The molecule has 2 aromatic carbocycles. The molecule has 0 aromatic heterocycles. The van der Waals surface area contributed by atoms with Crippen LogP contribution in [-0.4, -0.2) is 22.9 Å². The Labute approximate surface area is 110 Å². The van der Waals surface area contributed by atoms with Crippen molar-refractivity contribution < 1.29 is 10.2 Å². The maximum Gasteiger partial charge on any atom is 0.105 e. The third kappa shape index (κ3) is 3.23. The molecule has 0 heterocycles. The summed E-state index contributed by atoms with van der Waals surface area (Å²) in [7, 11) is 0. The van der Waals surface area contributed by atoms with Crippen molar-refractivity contribution in [3.8, 4) is 0 Å². The number of benzene rings is 2. The van der Waals surface area contributed by atoms with Crippen LogP contribution in [0.15, 0.2) is 47.6 Å². The molecule has 5 heteroatoms. The minimum absolute atomic E-state index is 0.169. The van der Waals surface area contributed by atoms with Crippen LogP contribution in [0.4, 0.5) is 0 Å². The van der Waals surface area contributed by atoms with Gasteiger partial charge >= 0.3 is 0 Å². The van der Waals surface area contributed by atoms with Crippen molar-refractivity contribution in [2.24, 2.45) is 5.11 Å². The van der Waals surface area contributed by atoms with E-state index >= 15 is 0 Å². The Hall–Kier alpha value is -2.07. The summed E-state index contributed by atoms with van der Waals surface area (Å²) >= 11 is 0. The van der Waals surface area contributed by atoms with Gasteiger partial charge in [0.2, 0.25) is 0 Å². The van der Waals surface area contributed by atoms with Gasteiger partial charge in [-0.3, -0.25) is 0 Å². The Morgan fingerprint density at radius 1 is 1.11 bits per heavy atom. The van der Waals surface area contributed by atoms with Crippen molar-refractivity contribution in [1.29, 1.82) is 0 Å². The molecular weight excluding hydrogens is 242 g/mol. The number of rotatable bonds is 5. The minimum atomic E-state index is -0.974. The number of hydrogen-bond donors (Lipinski definition) is 2. The van der Waals surface area contributed by atoms with E-state index in [4.69, 9.17) is 5.53 Å². The van der Waals surface area contributed by atoms with Crippen LogP contribution in [0.3, 0.4) is 0 Å². The Balaban J connectivity index is 2.16. The Bertz CT molecular complexity index is 608. The van der Waals surface area contributed by atoms with E-state index in [1.165, 1.54) is 0 Å². The van der Waals surface area contributed by atoms with E-state index < -0.39 is 12.2 Å². The minimum Gasteiger partial charge on any atom is -0.390 e. The summed E-state index contributed by atoms with van der Waals surface area (Å²) in [6.45, 7) is 0.169. The molecule has 0 radical (unpaired) electrons. The molecule has 0 aliphatic heterocycles. The van der Waals surface area contributed by atoms with Gasteiger partial charge in [0.05, 0.1) is 6.10 Å². The zero-order chi connectivity index (χ0) is 13.7. The largest absolute Gasteiger partial charge is 0.390 e. The second-order valence-corrected chi connectivity index (χ2v) is 4.36. The van der Waals surface area contributed by atoms with Crippen LogP contribution < -0.4 is 0 Å². The lowest BCUT2D eigenvalue weighted by molar-refractivity contribution is 0.0151. The van der Waals surface area contributed by atoms with Gasteiger partial charge < -0.3 is 10.2 Å². The second-order valence-electron chi connectivity index (χ2n) is 4.36. The molecular formula is C14H15N3O2. The van der Waals surface area contributed by atoms with Crippen molar-refractivity contribution in [3.05, 3.63) is 58.5 Å². The molecule has 0 aliphatic carbocycles. The number of fused-ring (bicyclic) bond motifs is 1. The average Bonchev–Trinajstić information content (AvgIpc) is 2.46. The van der Waals surface area contributed by atoms with Gasteiger partial charge in [-0.1, -0.05) is 41.5 Å². The molecule has 0 spiro atoms. The fourth-order valence-corrected chi connectivity index (χ4v) is 2.01. The van der Waals surface area contributed by atoms with E-state index in [1.807, 2.05) is 36.4 Å². The van der Waals surface area contributed by atoms with Crippen LogP contribution in [0.5, 0.6) is 0 Å². The van der Waals surface area contributed by atoms with Gasteiger partial charge in [0, 0.05) is 11.5 Å². The van der Waals surface area contributed by atoms with E-state index in [-0.39, 0.29) is 13.0 Å². The van der Waals surface area contributed by atoms with Crippen LogP contribution in [0, 0.1) is 0 Å². The highest BCUT2D eigenvalue weighted by Gasteiger charge is 2.17. The SMILES string of the molecule is [N-]=[N+]=NCCC(O)C(O)c1ccc2ccccc2c1. The van der Waals surface area contributed by atoms with Gasteiger partial charge in [0.15, 0.2) is 0 Å². The number of nitrogens with zero attached hydrogens (tertiary/aromatic N) is 3. The van der Waals surface area contributed by atoms with Gasteiger partial charge in [0.1, 0.15) is 6.10 Å². The molecule has 5 nitrogen and oxygen atoms in total. The molecule has 0 bridgehead atoms. The Morgan fingerprint density at radius 3 is 2.58 bits per heavy atom. The van der Waals surface area contributed by atoms with Crippen molar-refractivity contribution in [3.63, 3.8) is 0 Å². The normalized spacial score (nSPS) is 13.8. The molecule has 0 saturated heterocycles. The van der Waals surface area contributed by atoms with E-state index in [2.05, 4.69) is 10.0 Å². The summed E-state index contributed by atoms with van der Waals surface area (Å²) in [6.07, 6.45) is -1.68. The maximum absolute atomic E-state index is 10.1. The summed E-state index contributed by atoms with van der Waals surface area (Å²) in [4.78, 5) is 2.61. The first-order valence-electron chi connectivity index (χ1n) is 6.08. The highest BCUT2D eigenvalue weighted by atomic mass is 16.3. The quantitative estimate of drug-likeness (QED) is 0.490. The molecule has 0 fully saturated rings. The summed E-state index contributed by atoms with van der Waals surface area (Å²) in [5, 5.41) is 25.3. The molecule has 2 aromatic rings. The molecule has 2 unspecified atom stereocenters. The summed E-state index contributed by atoms with van der Waals surface area (Å²) in [6, 6.07) is 13.4. The Kier molecular flexibility index (Phi) is 4.36. The van der Waals surface area contributed by atoms with E-state index in [0.29, 0.717) is 5.56 Å². The van der Waals surface area contributed by atoms with Crippen LogP contribution in [0.25, 0.3) is 21.2 Å². The zero-order valence-corrected chi connectivity index (χ0v) is 10.3. The predicted molar refractivity (Wildman–Crippen MR) is 73.5 cm³/mol. The van der Waals surface area contributed by atoms with Gasteiger partial charge in [-0.05, 0) is 34.4 Å². The number of aliphatic hydroxyl groups is 2. The number of aliphatic hydroxyl groups excluding tert-OH is 2. The second kappa shape index (κ2) is 6.20. The standard InChI is InChI=1S/C14H15N3O2/c15-17-16-8-7-13(18)14(19)12-6-5-10-3-1-2-4-11(10)9-12/h1-6,9,13-14,18-19H,7-8H2. The molecule has 98 valence electrons. The molecule has 0 amide bonds. The summed E-state index contributed by atoms with van der Waals surface area (Å²) in [5.74, 6) is 0. The maximum atomic E-state index is 10.1.